The van der Waals surface area contributed by atoms with Crippen molar-refractivity contribution < 1.29 is 4.79 Å². The molecule has 1 heterocycles. The number of carbonyl (C=O) groups excluding carboxylic acids is 1. The van der Waals surface area contributed by atoms with Crippen LogP contribution in [-0.4, -0.2) is 23.8 Å². The van der Waals surface area contributed by atoms with Crippen LogP contribution < -0.4 is 0 Å². The molecule has 0 radical (unpaired) electrons. The SMILES string of the molecule is O=C(c1cccc2ccccc12)C1CN(Cc2ccccc2)CC1c1ccc(Br)cc1. The standard InChI is InChI=1S/C28H24BrNO/c29-23-15-13-22(14-16-23)26-18-30(17-20-7-2-1-3-8-20)19-27(26)28(31)25-12-6-10-21-9-4-5-11-24(21)25/h1-16,26-27H,17-19H2. The van der Waals surface area contributed by atoms with Crippen molar-refractivity contribution >= 4 is 32.5 Å². The van der Waals surface area contributed by atoms with Gasteiger partial charge in [-0.15, -0.1) is 0 Å². The second-order valence-corrected chi connectivity index (χ2v) is 9.25. The van der Waals surface area contributed by atoms with Crippen molar-refractivity contribution in [1.82, 2.24) is 4.90 Å². The molecular weight excluding hydrogens is 446 g/mol. The lowest BCUT2D eigenvalue weighted by Gasteiger charge is -2.19. The Hall–Kier alpha value is -2.75. The minimum Gasteiger partial charge on any atom is -0.298 e. The van der Waals surface area contributed by atoms with Crippen LogP contribution in [0.2, 0.25) is 0 Å². The number of nitrogens with zero attached hydrogens (tertiary/aromatic N) is 1. The third kappa shape index (κ3) is 4.21. The highest BCUT2D eigenvalue weighted by Gasteiger charge is 2.39. The van der Waals surface area contributed by atoms with Gasteiger partial charge in [0, 0.05) is 41.5 Å². The van der Waals surface area contributed by atoms with Crippen LogP contribution in [0.4, 0.5) is 0 Å². The van der Waals surface area contributed by atoms with Crippen LogP contribution in [0.15, 0.2) is 102 Å². The van der Waals surface area contributed by atoms with Crippen molar-refractivity contribution in [3.05, 3.63) is 118 Å². The Morgan fingerprint density at radius 2 is 1.52 bits per heavy atom. The highest BCUT2D eigenvalue weighted by Crippen LogP contribution is 2.37. The summed E-state index contributed by atoms with van der Waals surface area (Å²) in [5.74, 6) is 0.374. The summed E-state index contributed by atoms with van der Waals surface area (Å²) in [7, 11) is 0. The van der Waals surface area contributed by atoms with Gasteiger partial charge in [-0.05, 0) is 34.0 Å². The maximum absolute atomic E-state index is 13.9. The molecule has 0 amide bonds. The van der Waals surface area contributed by atoms with Gasteiger partial charge in [-0.25, -0.2) is 0 Å². The quantitative estimate of drug-likeness (QED) is 0.303. The Labute approximate surface area is 191 Å². The number of likely N-dealkylation sites (tertiary alicyclic amines) is 1. The molecule has 4 aromatic carbocycles. The smallest absolute Gasteiger partial charge is 0.168 e. The molecule has 1 saturated heterocycles. The van der Waals surface area contributed by atoms with Gasteiger partial charge in [0.15, 0.2) is 5.78 Å². The van der Waals surface area contributed by atoms with Crippen molar-refractivity contribution in [2.24, 2.45) is 5.92 Å². The predicted octanol–water partition coefficient (Wildman–Crippen LogP) is 6.70. The first-order chi connectivity index (χ1) is 15.2. The molecule has 0 aromatic heterocycles. The summed E-state index contributed by atoms with van der Waals surface area (Å²) in [6.45, 7) is 2.53. The van der Waals surface area contributed by atoms with Crippen LogP contribution >= 0.6 is 15.9 Å². The molecule has 0 saturated carbocycles. The lowest BCUT2D eigenvalue weighted by Crippen LogP contribution is -2.24. The molecule has 2 unspecified atom stereocenters. The van der Waals surface area contributed by atoms with E-state index in [9.17, 15) is 4.79 Å². The number of halogens is 1. The summed E-state index contributed by atoms with van der Waals surface area (Å²) in [4.78, 5) is 16.3. The summed E-state index contributed by atoms with van der Waals surface area (Å²) in [5.41, 5.74) is 3.36. The van der Waals surface area contributed by atoms with Crippen LogP contribution in [0.1, 0.15) is 27.4 Å². The van der Waals surface area contributed by atoms with E-state index in [4.69, 9.17) is 0 Å². The second kappa shape index (κ2) is 8.78. The number of carbonyl (C=O) groups is 1. The Morgan fingerprint density at radius 1 is 0.806 bits per heavy atom. The summed E-state index contributed by atoms with van der Waals surface area (Å²) in [6.07, 6.45) is 0. The molecule has 0 spiro atoms. The first kappa shape index (κ1) is 20.2. The molecule has 1 fully saturated rings. The Bertz CT molecular complexity index is 1200. The van der Waals surface area contributed by atoms with E-state index in [2.05, 4.69) is 87.6 Å². The van der Waals surface area contributed by atoms with E-state index >= 15 is 0 Å². The molecule has 2 nitrogen and oxygen atoms in total. The van der Waals surface area contributed by atoms with Crippen molar-refractivity contribution in [3.8, 4) is 0 Å². The number of hydrogen-bond donors (Lipinski definition) is 0. The molecule has 5 rings (SSSR count). The molecule has 4 aromatic rings. The zero-order chi connectivity index (χ0) is 21.2. The second-order valence-electron chi connectivity index (χ2n) is 8.34. The topological polar surface area (TPSA) is 20.3 Å². The molecular formula is C28H24BrNO. The molecule has 154 valence electrons. The van der Waals surface area contributed by atoms with E-state index in [1.807, 2.05) is 30.3 Å². The maximum atomic E-state index is 13.9. The van der Waals surface area contributed by atoms with Crippen molar-refractivity contribution in [3.63, 3.8) is 0 Å². The van der Waals surface area contributed by atoms with Crippen molar-refractivity contribution in [1.29, 1.82) is 0 Å². The predicted molar refractivity (Wildman–Crippen MR) is 130 cm³/mol. The summed E-state index contributed by atoms with van der Waals surface area (Å²) in [6, 6.07) is 33.2. The monoisotopic (exact) mass is 469 g/mol. The Kier molecular flexibility index (Phi) is 5.71. The van der Waals surface area contributed by atoms with Crippen LogP contribution in [0.3, 0.4) is 0 Å². The average Bonchev–Trinajstić information content (AvgIpc) is 3.23. The van der Waals surface area contributed by atoms with Crippen molar-refractivity contribution in [2.75, 3.05) is 13.1 Å². The lowest BCUT2D eigenvalue weighted by molar-refractivity contribution is 0.0915. The number of fused-ring (bicyclic) bond motifs is 1. The van der Waals surface area contributed by atoms with Crippen LogP contribution in [-0.2, 0) is 6.54 Å². The van der Waals surface area contributed by atoms with Gasteiger partial charge in [-0.2, -0.15) is 0 Å². The van der Waals surface area contributed by atoms with Crippen molar-refractivity contribution in [2.45, 2.75) is 12.5 Å². The fourth-order valence-corrected chi connectivity index (χ4v) is 5.07. The number of rotatable bonds is 5. The summed E-state index contributed by atoms with van der Waals surface area (Å²) < 4.78 is 1.06. The normalized spacial score (nSPS) is 19.0. The van der Waals surface area contributed by atoms with Gasteiger partial charge in [0.1, 0.15) is 0 Å². The van der Waals surface area contributed by atoms with E-state index < -0.39 is 0 Å². The zero-order valence-corrected chi connectivity index (χ0v) is 18.8. The zero-order valence-electron chi connectivity index (χ0n) is 17.2. The number of Topliss-reactive ketones (excluding diaryl/α,β-unsaturated/α-hetero) is 1. The van der Waals surface area contributed by atoms with E-state index in [-0.39, 0.29) is 17.6 Å². The molecule has 31 heavy (non-hydrogen) atoms. The van der Waals surface area contributed by atoms with Crippen LogP contribution in [0.25, 0.3) is 10.8 Å². The molecule has 0 bridgehead atoms. The van der Waals surface area contributed by atoms with Gasteiger partial charge in [-0.3, -0.25) is 9.69 Å². The van der Waals surface area contributed by atoms with Gasteiger partial charge in [-0.1, -0.05) is 101 Å². The van der Waals surface area contributed by atoms with E-state index in [0.717, 1.165) is 40.4 Å². The minimum atomic E-state index is -0.0595. The third-order valence-corrected chi connectivity index (χ3v) is 6.86. The van der Waals surface area contributed by atoms with E-state index in [1.54, 1.807) is 0 Å². The minimum absolute atomic E-state index is 0.0595. The molecule has 1 aliphatic heterocycles. The van der Waals surface area contributed by atoms with Gasteiger partial charge in [0.25, 0.3) is 0 Å². The van der Waals surface area contributed by atoms with Gasteiger partial charge < -0.3 is 0 Å². The number of hydrogen-bond acceptors (Lipinski definition) is 2. The van der Waals surface area contributed by atoms with Crippen LogP contribution in [0.5, 0.6) is 0 Å². The highest BCUT2D eigenvalue weighted by atomic mass is 79.9. The largest absolute Gasteiger partial charge is 0.298 e. The van der Waals surface area contributed by atoms with Gasteiger partial charge in [0.2, 0.25) is 0 Å². The van der Waals surface area contributed by atoms with E-state index in [1.165, 1.54) is 11.1 Å². The summed E-state index contributed by atoms with van der Waals surface area (Å²) in [5, 5.41) is 2.17. The fourth-order valence-electron chi connectivity index (χ4n) is 4.81. The molecule has 3 heteroatoms. The maximum Gasteiger partial charge on any atom is 0.168 e. The Morgan fingerprint density at radius 3 is 2.32 bits per heavy atom. The molecule has 0 aliphatic carbocycles. The first-order valence-corrected chi connectivity index (χ1v) is 11.5. The molecule has 0 N–H and O–H groups in total. The third-order valence-electron chi connectivity index (χ3n) is 6.33. The Balaban J connectivity index is 1.50. The molecule has 1 aliphatic rings. The lowest BCUT2D eigenvalue weighted by atomic mass is 9.83. The first-order valence-electron chi connectivity index (χ1n) is 10.7. The van der Waals surface area contributed by atoms with Crippen LogP contribution in [0, 0.1) is 5.92 Å². The number of benzene rings is 4. The summed E-state index contributed by atoms with van der Waals surface area (Å²) >= 11 is 3.54. The van der Waals surface area contributed by atoms with Gasteiger partial charge >= 0.3 is 0 Å². The van der Waals surface area contributed by atoms with E-state index in [0.29, 0.717) is 0 Å². The highest BCUT2D eigenvalue weighted by molar-refractivity contribution is 9.10. The number of ketones is 1. The fraction of sp³-hybridized carbons (Fsp3) is 0.179. The molecule has 2 atom stereocenters. The van der Waals surface area contributed by atoms with Gasteiger partial charge in [0.05, 0.1) is 0 Å². The average molecular weight is 470 g/mol.